The van der Waals surface area contributed by atoms with Crippen LogP contribution in [0.2, 0.25) is 0 Å². The molecule has 0 bridgehead atoms. The Bertz CT molecular complexity index is 1020. The minimum atomic E-state index is -0.0795. The molecule has 0 aliphatic rings. The lowest BCUT2D eigenvalue weighted by molar-refractivity contribution is 0.103. The maximum Gasteiger partial charge on any atom is 0.213 e. The molecule has 0 atom stereocenters. The fraction of sp³-hybridized carbons (Fsp3) is 0. The summed E-state index contributed by atoms with van der Waals surface area (Å²) < 4.78 is 3.00. The zero-order valence-electron chi connectivity index (χ0n) is 12.7. The fourth-order valence-corrected chi connectivity index (χ4v) is 3.05. The van der Waals surface area contributed by atoms with Crippen LogP contribution in [0, 0.1) is 0 Å². The smallest absolute Gasteiger partial charge is 0.213 e. The molecular formula is C20H13BrN2O. The second kappa shape index (κ2) is 6.06. The van der Waals surface area contributed by atoms with Crippen LogP contribution < -0.4 is 0 Å². The highest BCUT2D eigenvalue weighted by atomic mass is 79.9. The Labute approximate surface area is 147 Å². The molecule has 116 valence electrons. The van der Waals surface area contributed by atoms with Crippen LogP contribution in [0.3, 0.4) is 0 Å². The summed E-state index contributed by atoms with van der Waals surface area (Å²) >= 11 is 3.46. The van der Waals surface area contributed by atoms with E-state index in [-0.39, 0.29) is 5.78 Å². The first-order chi connectivity index (χ1) is 11.7. The third-order valence-electron chi connectivity index (χ3n) is 3.94. The molecule has 2 heterocycles. The Balaban J connectivity index is 1.97. The molecule has 24 heavy (non-hydrogen) atoms. The van der Waals surface area contributed by atoms with Gasteiger partial charge in [0.1, 0.15) is 5.69 Å². The molecule has 0 amide bonds. The monoisotopic (exact) mass is 376 g/mol. The van der Waals surface area contributed by atoms with Gasteiger partial charge in [0.25, 0.3) is 0 Å². The van der Waals surface area contributed by atoms with Crippen LogP contribution in [0.25, 0.3) is 16.8 Å². The molecule has 0 saturated heterocycles. The number of carbonyl (C=O) groups excluding carboxylic acids is 1. The summed E-state index contributed by atoms with van der Waals surface area (Å²) in [6, 6.07) is 21.1. The zero-order valence-corrected chi connectivity index (χ0v) is 14.3. The number of rotatable bonds is 3. The third-order valence-corrected chi connectivity index (χ3v) is 4.47. The van der Waals surface area contributed by atoms with Gasteiger partial charge in [-0.25, -0.2) is 4.98 Å². The second-order valence-corrected chi connectivity index (χ2v) is 6.38. The molecule has 0 fully saturated rings. The van der Waals surface area contributed by atoms with Crippen molar-refractivity contribution >= 4 is 27.2 Å². The minimum absolute atomic E-state index is 0.0795. The van der Waals surface area contributed by atoms with E-state index in [1.807, 2.05) is 77.3 Å². The van der Waals surface area contributed by atoms with Gasteiger partial charge in [-0.05, 0) is 24.3 Å². The summed E-state index contributed by atoms with van der Waals surface area (Å²) in [5, 5.41) is 0. The van der Waals surface area contributed by atoms with Gasteiger partial charge in [0.2, 0.25) is 5.78 Å². The first-order valence-corrected chi connectivity index (χ1v) is 8.35. The standard InChI is InChI=1S/C20H13BrN2O/c21-16-10-8-14(9-11-16)19-18(20(24)15-5-2-1-3-6-15)22-13-17-7-4-12-23(17)19/h1-13H. The molecule has 0 aliphatic heterocycles. The van der Waals surface area contributed by atoms with Crippen molar-refractivity contribution in [2.45, 2.75) is 0 Å². The quantitative estimate of drug-likeness (QED) is 0.471. The van der Waals surface area contributed by atoms with E-state index >= 15 is 0 Å². The van der Waals surface area contributed by atoms with Crippen molar-refractivity contribution in [3.63, 3.8) is 0 Å². The number of carbonyl (C=O) groups is 1. The highest BCUT2D eigenvalue weighted by Crippen LogP contribution is 2.27. The largest absolute Gasteiger partial charge is 0.313 e. The number of hydrogen-bond donors (Lipinski definition) is 0. The first kappa shape index (κ1) is 14.8. The Hall–Kier alpha value is -2.72. The van der Waals surface area contributed by atoms with E-state index in [2.05, 4.69) is 20.9 Å². The lowest BCUT2D eigenvalue weighted by atomic mass is 10.0. The van der Waals surface area contributed by atoms with Crippen LogP contribution in [0.15, 0.2) is 83.6 Å². The molecule has 0 unspecified atom stereocenters. The number of hydrogen-bond acceptors (Lipinski definition) is 2. The number of aromatic nitrogens is 2. The molecule has 0 saturated carbocycles. The number of fused-ring (bicyclic) bond motifs is 1. The maximum atomic E-state index is 13.0. The Morgan fingerprint density at radius 1 is 0.917 bits per heavy atom. The summed E-state index contributed by atoms with van der Waals surface area (Å²) in [6.07, 6.45) is 3.69. The van der Waals surface area contributed by atoms with Gasteiger partial charge in [-0.2, -0.15) is 0 Å². The second-order valence-electron chi connectivity index (χ2n) is 5.46. The van der Waals surface area contributed by atoms with Crippen LogP contribution in [-0.4, -0.2) is 15.2 Å². The minimum Gasteiger partial charge on any atom is -0.313 e. The van der Waals surface area contributed by atoms with E-state index in [0.29, 0.717) is 11.3 Å². The van der Waals surface area contributed by atoms with E-state index < -0.39 is 0 Å². The van der Waals surface area contributed by atoms with Gasteiger partial charge in [0.05, 0.1) is 17.4 Å². The van der Waals surface area contributed by atoms with Gasteiger partial charge in [-0.3, -0.25) is 4.79 Å². The van der Waals surface area contributed by atoms with E-state index in [1.165, 1.54) is 0 Å². The average molecular weight is 377 g/mol. The predicted molar refractivity (Wildman–Crippen MR) is 98.2 cm³/mol. The molecule has 4 aromatic rings. The molecular weight excluding hydrogens is 364 g/mol. The van der Waals surface area contributed by atoms with Crippen LogP contribution in [0.4, 0.5) is 0 Å². The van der Waals surface area contributed by atoms with Crippen molar-refractivity contribution < 1.29 is 4.79 Å². The lowest BCUT2D eigenvalue weighted by Crippen LogP contribution is -2.09. The predicted octanol–water partition coefficient (Wildman–Crippen LogP) is 4.99. The van der Waals surface area contributed by atoms with Crippen molar-refractivity contribution in [3.8, 4) is 11.3 Å². The van der Waals surface area contributed by atoms with E-state index in [0.717, 1.165) is 21.2 Å². The molecule has 2 aromatic heterocycles. The summed E-state index contributed by atoms with van der Waals surface area (Å²) in [5.74, 6) is -0.0795. The van der Waals surface area contributed by atoms with Crippen LogP contribution in [0.1, 0.15) is 16.1 Å². The third kappa shape index (κ3) is 2.55. The zero-order chi connectivity index (χ0) is 16.5. The molecule has 0 N–H and O–H groups in total. The van der Waals surface area contributed by atoms with Gasteiger partial charge in [-0.15, -0.1) is 0 Å². The number of nitrogens with zero attached hydrogens (tertiary/aromatic N) is 2. The highest BCUT2D eigenvalue weighted by molar-refractivity contribution is 9.10. The van der Waals surface area contributed by atoms with Crippen LogP contribution in [-0.2, 0) is 0 Å². The SMILES string of the molecule is O=C(c1ccccc1)c1ncc2cccn2c1-c1ccc(Br)cc1. The van der Waals surface area contributed by atoms with E-state index in [9.17, 15) is 4.79 Å². The molecule has 0 radical (unpaired) electrons. The van der Waals surface area contributed by atoms with Crippen LogP contribution >= 0.6 is 15.9 Å². The van der Waals surface area contributed by atoms with E-state index in [1.54, 1.807) is 6.20 Å². The Morgan fingerprint density at radius 3 is 2.42 bits per heavy atom. The normalized spacial score (nSPS) is 10.9. The van der Waals surface area contributed by atoms with Crippen molar-refractivity contribution in [1.29, 1.82) is 0 Å². The van der Waals surface area contributed by atoms with E-state index in [4.69, 9.17) is 0 Å². The van der Waals surface area contributed by atoms with Crippen molar-refractivity contribution in [2.75, 3.05) is 0 Å². The lowest BCUT2D eigenvalue weighted by Gasteiger charge is -2.12. The Kier molecular flexibility index (Phi) is 3.75. The summed E-state index contributed by atoms with van der Waals surface area (Å²) in [7, 11) is 0. The molecule has 4 rings (SSSR count). The van der Waals surface area contributed by atoms with Crippen molar-refractivity contribution in [2.24, 2.45) is 0 Å². The first-order valence-electron chi connectivity index (χ1n) is 7.56. The summed E-state index contributed by atoms with van der Waals surface area (Å²) in [4.78, 5) is 17.5. The molecule has 3 nitrogen and oxygen atoms in total. The Morgan fingerprint density at radius 2 is 1.67 bits per heavy atom. The molecule has 4 heteroatoms. The number of halogens is 1. The number of benzene rings is 2. The van der Waals surface area contributed by atoms with Gasteiger partial charge >= 0.3 is 0 Å². The van der Waals surface area contributed by atoms with Gasteiger partial charge in [-0.1, -0.05) is 58.4 Å². The maximum absolute atomic E-state index is 13.0. The summed E-state index contributed by atoms with van der Waals surface area (Å²) in [5.41, 5.74) is 3.80. The average Bonchev–Trinajstić information content (AvgIpc) is 3.10. The van der Waals surface area contributed by atoms with Gasteiger partial charge in [0.15, 0.2) is 0 Å². The fourth-order valence-electron chi connectivity index (χ4n) is 2.78. The summed E-state index contributed by atoms with van der Waals surface area (Å²) in [6.45, 7) is 0. The molecule has 2 aromatic carbocycles. The highest BCUT2D eigenvalue weighted by Gasteiger charge is 2.19. The van der Waals surface area contributed by atoms with Gasteiger partial charge < -0.3 is 4.40 Å². The van der Waals surface area contributed by atoms with Gasteiger partial charge in [0, 0.05) is 21.8 Å². The van der Waals surface area contributed by atoms with Crippen LogP contribution in [0.5, 0.6) is 0 Å². The number of ketones is 1. The van der Waals surface area contributed by atoms with Crippen molar-refractivity contribution in [1.82, 2.24) is 9.38 Å². The molecule has 0 spiro atoms. The van der Waals surface area contributed by atoms with Crippen molar-refractivity contribution in [3.05, 3.63) is 94.9 Å². The topological polar surface area (TPSA) is 34.4 Å². The molecule has 0 aliphatic carbocycles.